The van der Waals surface area contributed by atoms with E-state index in [4.69, 9.17) is 0 Å². The Morgan fingerprint density at radius 1 is 1.38 bits per heavy atom. The standard InChI is InChI=1S/C17H26N6O3/c1-2-3-6-22-7-8-23-13(11-22)9-12(21-23)10-18-16(25)14-4-5-15(24)20-17(26)19-14/h9,14H,2-8,10-11H2,1H3,(H,18,25)(H2,19,20,24,26)/t14-/m1/s1. The average molecular weight is 362 g/mol. The minimum Gasteiger partial charge on any atom is -0.349 e. The summed E-state index contributed by atoms with van der Waals surface area (Å²) >= 11 is 0. The Labute approximate surface area is 152 Å². The molecule has 3 N–H and O–H groups in total. The van der Waals surface area contributed by atoms with Gasteiger partial charge >= 0.3 is 6.03 Å². The van der Waals surface area contributed by atoms with Crippen molar-refractivity contribution in [3.63, 3.8) is 0 Å². The van der Waals surface area contributed by atoms with Crippen molar-refractivity contribution in [2.75, 3.05) is 13.1 Å². The molecule has 26 heavy (non-hydrogen) atoms. The van der Waals surface area contributed by atoms with Crippen LogP contribution in [0.4, 0.5) is 4.79 Å². The van der Waals surface area contributed by atoms with Gasteiger partial charge in [-0.1, -0.05) is 13.3 Å². The van der Waals surface area contributed by atoms with Crippen molar-refractivity contribution < 1.29 is 14.4 Å². The van der Waals surface area contributed by atoms with Gasteiger partial charge in [-0.25, -0.2) is 4.79 Å². The molecule has 0 aromatic carbocycles. The quantitative estimate of drug-likeness (QED) is 0.665. The molecule has 2 aliphatic rings. The number of hydrogen-bond donors (Lipinski definition) is 3. The highest BCUT2D eigenvalue weighted by Gasteiger charge is 2.26. The van der Waals surface area contributed by atoms with Crippen LogP contribution in [0.5, 0.6) is 0 Å². The first kappa shape index (κ1) is 18.4. The van der Waals surface area contributed by atoms with Crippen molar-refractivity contribution in [2.45, 2.75) is 58.3 Å². The van der Waals surface area contributed by atoms with Crippen molar-refractivity contribution in [3.8, 4) is 0 Å². The van der Waals surface area contributed by atoms with E-state index in [-0.39, 0.29) is 24.7 Å². The van der Waals surface area contributed by atoms with Gasteiger partial charge in [0, 0.05) is 19.5 Å². The number of carbonyl (C=O) groups excluding carboxylic acids is 3. The fraction of sp³-hybridized carbons (Fsp3) is 0.647. The van der Waals surface area contributed by atoms with Crippen LogP contribution < -0.4 is 16.0 Å². The number of aromatic nitrogens is 2. The van der Waals surface area contributed by atoms with Gasteiger partial charge in [-0.15, -0.1) is 0 Å². The van der Waals surface area contributed by atoms with Gasteiger partial charge in [0.15, 0.2) is 0 Å². The van der Waals surface area contributed by atoms with E-state index < -0.39 is 12.1 Å². The van der Waals surface area contributed by atoms with Crippen LogP contribution in [0.15, 0.2) is 6.07 Å². The first-order chi connectivity index (χ1) is 12.5. The van der Waals surface area contributed by atoms with E-state index >= 15 is 0 Å². The second kappa shape index (κ2) is 8.31. The number of nitrogens with one attached hydrogen (secondary N) is 3. The van der Waals surface area contributed by atoms with Crippen molar-refractivity contribution in [2.24, 2.45) is 0 Å². The molecule has 4 amide bonds. The molecule has 0 radical (unpaired) electrons. The fourth-order valence-electron chi connectivity index (χ4n) is 3.27. The van der Waals surface area contributed by atoms with Crippen LogP contribution in [-0.4, -0.2) is 51.7 Å². The number of fused-ring (bicyclic) bond motifs is 1. The third-order valence-corrected chi connectivity index (χ3v) is 4.73. The van der Waals surface area contributed by atoms with Gasteiger partial charge in [-0.3, -0.25) is 24.5 Å². The molecule has 9 heteroatoms. The number of carbonyl (C=O) groups is 3. The number of rotatable bonds is 6. The molecule has 1 aromatic rings. The monoisotopic (exact) mass is 362 g/mol. The number of hydrogen-bond acceptors (Lipinski definition) is 5. The number of unbranched alkanes of at least 4 members (excludes halogenated alkanes) is 1. The second-order valence-electron chi connectivity index (χ2n) is 6.81. The summed E-state index contributed by atoms with van der Waals surface area (Å²) in [5.74, 6) is -0.669. The van der Waals surface area contributed by atoms with Gasteiger partial charge in [0.2, 0.25) is 11.8 Å². The summed E-state index contributed by atoms with van der Waals surface area (Å²) in [6, 6.07) is 0.690. The van der Waals surface area contributed by atoms with Crippen LogP contribution >= 0.6 is 0 Å². The van der Waals surface area contributed by atoms with E-state index in [1.54, 1.807) is 0 Å². The van der Waals surface area contributed by atoms with Gasteiger partial charge < -0.3 is 10.6 Å². The lowest BCUT2D eigenvalue weighted by Crippen LogP contribution is -2.48. The van der Waals surface area contributed by atoms with Crippen LogP contribution in [0, 0.1) is 0 Å². The molecule has 0 saturated carbocycles. The molecular weight excluding hydrogens is 336 g/mol. The minimum atomic E-state index is -0.705. The van der Waals surface area contributed by atoms with Crippen molar-refractivity contribution >= 4 is 17.8 Å². The Morgan fingerprint density at radius 3 is 3.04 bits per heavy atom. The lowest BCUT2D eigenvalue weighted by atomic mass is 10.1. The highest BCUT2D eigenvalue weighted by Crippen LogP contribution is 2.14. The SMILES string of the molecule is CCCCN1CCn2nc(CNC(=O)[C@H]3CCC(=O)NC(=O)N3)cc2C1. The lowest BCUT2D eigenvalue weighted by molar-refractivity contribution is -0.123. The van der Waals surface area contributed by atoms with Crippen LogP contribution in [0.2, 0.25) is 0 Å². The Kier molecular flexibility index (Phi) is 5.87. The molecule has 0 spiro atoms. The molecule has 3 rings (SSSR count). The van der Waals surface area contributed by atoms with E-state index in [1.807, 2.05) is 10.7 Å². The molecule has 1 saturated heterocycles. The van der Waals surface area contributed by atoms with E-state index in [1.165, 1.54) is 12.8 Å². The number of nitrogens with zero attached hydrogens (tertiary/aromatic N) is 3. The van der Waals surface area contributed by atoms with Gasteiger partial charge in [0.05, 0.1) is 24.5 Å². The first-order valence-electron chi connectivity index (χ1n) is 9.21. The molecule has 0 aliphatic carbocycles. The first-order valence-corrected chi connectivity index (χ1v) is 9.21. The Hall–Kier alpha value is -2.42. The highest BCUT2D eigenvalue weighted by molar-refractivity contribution is 5.98. The maximum atomic E-state index is 12.3. The molecule has 0 bridgehead atoms. The van der Waals surface area contributed by atoms with Crippen LogP contribution in [0.3, 0.4) is 0 Å². The van der Waals surface area contributed by atoms with E-state index in [9.17, 15) is 14.4 Å². The Balaban J connectivity index is 1.52. The average Bonchev–Trinajstić information content (AvgIpc) is 2.94. The minimum absolute atomic E-state index is 0.142. The molecule has 1 aromatic heterocycles. The molecule has 2 aliphatic heterocycles. The smallest absolute Gasteiger partial charge is 0.322 e. The van der Waals surface area contributed by atoms with E-state index in [2.05, 4.69) is 32.9 Å². The van der Waals surface area contributed by atoms with Crippen LogP contribution in [0.25, 0.3) is 0 Å². The van der Waals surface area contributed by atoms with E-state index in [0.717, 1.165) is 37.6 Å². The topological polar surface area (TPSA) is 108 Å². The fourth-order valence-corrected chi connectivity index (χ4v) is 3.27. The third kappa shape index (κ3) is 4.60. The maximum absolute atomic E-state index is 12.3. The van der Waals surface area contributed by atoms with Crippen molar-refractivity contribution in [1.82, 2.24) is 30.6 Å². The number of imide groups is 1. The summed E-state index contributed by atoms with van der Waals surface area (Å²) in [6.07, 6.45) is 2.81. The lowest BCUT2D eigenvalue weighted by Gasteiger charge is -2.27. The predicted molar refractivity (Wildman–Crippen MR) is 94.0 cm³/mol. The highest BCUT2D eigenvalue weighted by atomic mass is 16.2. The van der Waals surface area contributed by atoms with Gasteiger partial charge in [-0.05, 0) is 25.5 Å². The third-order valence-electron chi connectivity index (χ3n) is 4.73. The molecule has 9 nitrogen and oxygen atoms in total. The zero-order valence-corrected chi connectivity index (χ0v) is 15.1. The summed E-state index contributed by atoms with van der Waals surface area (Å²) in [6.45, 7) is 6.34. The molecular formula is C17H26N6O3. The molecule has 3 heterocycles. The molecule has 0 unspecified atom stereocenters. The molecule has 1 atom stereocenters. The summed E-state index contributed by atoms with van der Waals surface area (Å²) in [5.41, 5.74) is 1.97. The molecule has 142 valence electrons. The van der Waals surface area contributed by atoms with Gasteiger partial charge in [0.25, 0.3) is 0 Å². The summed E-state index contributed by atoms with van der Waals surface area (Å²) < 4.78 is 2.00. The Morgan fingerprint density at radius 2 is 2.23 bits per heavy atom. The van der Waals surface area contributed by atoms with Gasteiger partial charge in [0.1, 0.15) is 6.04 Å². The molecule has 1 fully saturated rings. The maximum Gasteiger partial charge on any atom is 0.322 e. The zero-order valence-electron chi connectivity index (χ0n) is 15.1. The summed E-state index contributed by atoms with van der Waals surface area (Å²) in [5, 5.41) is 12.0. The van der Waals surface area contributed by atoms with E-state index in [0.29, 0.717) is 6.54 Å². The summed E-state index contributed by atoms with van der Waals surface area (Å²) in [7, 11) is 0. The van der Waals surface area contributed by atoms with Gasteiger partial charge in [-0.2, -0.15) is 5.10 Å². The summed E-state index contributed by atoms with van der Waals surface area (Å²) in [4.78, 5) is 37.5. The van der Waals surface area contributed by atoms with Crippen LogP contribution in [0.1, 0.15) is 44.0 Å². The number of urea groups is 1. The Bertz CT molecular complexity index is 686. The predicted octanol–water partition coefficient (Wildman–Crippen LogP) is 0.103. The zero-order chi connectivity index (χ0) is 18.5. The largest absolute Gasteiger partial charge is 0.349 e. The van der Waals surface area contributed by atoms with Crippen LogP contribution in [-0.2, 0) is 29.2 Å². The van der Waals surface area contributed by atoms with Crippen molar-refractivity contribution in [3.05, 3.63) is 17.5 Å². The number of amides is 4. The second-order valence-corrected chi connectivity index (χ2v) is 6.81. The normalized spacial score (nSPS) is 20.7. The van der Waals surface area contributed by atoms with Crippen molar-refractivity contribution in [1.29, 1.82) is 0 Å².